The maximum Gasteiger partial charge on any atom is 0.255 e. The number of rotatable bonds is 5. The average Bonchev–Trinajstić information content (AvgIpc) is 2.81. The van der Waals surface area contributed by atoms with Crippen LogP contribution in [0.5, 0.6) is 0 Å². The zero-order valence-corrected chi connectivity index (χ0v) is 14.5. The molecular formula is C20H20N2OS. The van der Waals surface area contributed by atoms with E-state index in [1.807, 2.05) is 42.2 Å². The van der Waals surface area contributed by atoms with Gasteiger partial charge in [-0.25, -0.2) is 0 Å². The minimum Gasteiger partial charge on any atom is -0.333 e. The van der Waals surface area contributed by atoms with Gasteiger partial charge in [0.05, 0.1) is 5.69 Å². The highest BCUT2D eigenvalue weighted by Gasteiger charge is 2.39. The highest BCUT2D eigenvalue weighted by molar-refractivity contribution is 7.80. The summed E-state index contributed by atoms with van der Waals surface area (Å²) in [6.45, 7) is 6.19. The molecule has 1 aliphatic rings. The molecule has 1 fully saturated rings. The predicted octanol–water partition coefficient (Wildman–Crippen LogP) is 3.79. The summed E-state index contributed by atoms with van der Waals surface area (Å²) in [4.78, 5) is 16.1. The number of anilines is 1. The Bertz CT molecular complexity index is 755. The van der Waals surface area contributed by atoms with Crippen molar-refractivity contribution in [1.82, 2.24) is 4.90 Å². The molecule has 0 radical (unpaired) electrons. The third-order valence-electron chi connectivity index (χ3n) is 4.25. The van der Waals surface area contributed by atoms with E-state index in [4.69, 9.17) is 12.2 Å². The van der Waals surface area contributed by atoms with Crippen molar-refractivity contribution in [2.24, 2.45) is 0 Å². The van der Waals surface area contributed by atoms with Gasteiger partial charge in [0.15, 0.2) is 5.11 Å². The summed E-state index contributed by atoms with van der Waals surface area (Å²) in [6, 6.07) is 18.1. The maximum atomic E-state index is 12.5. The van der Waals surface area contributed by atoms with Gasteiger partial charge in [-0.1, -0.05) is 48.5 Å². The Balaban J connectivity index is 1.79. The number of benzene rings is 2. The Morgan fingerprint density at radius 1 is 1.08 bits per heavy atom. The fourth-order valence-corrected chi connectivity index (χ4v) is 3.34. The molecule has 1 amide bonds. The summed E-state index contributed by atoms with van der Waals surface area (Å²) in [5, 5.41) is 0.545. The summed E-state index contributed by atoms with van der Waals surface area (Å²) in [5.74, 6) is 0.0117. The lowest BCUT2D eigenvalue weighted by Gasteiger charge is -2.20. The van der Waals surface area contributed by atoms with Crippen LogP contribution in [0.4, 0.5) is 5.69 Å². The molecule has 24 heavy (non-hydrogen) atoms. The van der Waals surface area contributed by atoms with Gasteiger partial charge in [-0.05, 0) is 48.8 Å². The second-order valence-electron chi connectivity index (χ2n) is 5.90. The molecule has 122 valence electrons. The van der Waals surface area contributed by atoms with Gasteiger partial charge in [0.1, 0.15) is 6.04 Å². The van der Waals surface area contributed by atoms with E-state index < -0.39 is 0 Å². The lowest BCUT2D eigenvalue weighted by Crippen LogP contribution is -2.33. The normalized spacial score (nSPS) is 17.5. The van der Waals surface area contributed by atoms with Crippen LogP contribution in [-0.2, 0) is 11.2 Å². The van der Waals surface area contributed by atoms with Crippen molar-refractivity contribution in [3.8, 4) is 0 Å². The van der Waals surface area contributed by atoms with Crippen molar-refractivity contribution >= 4 is 28.9 Å². The zero-order chi connectivity index (χ0) is 17.1. The lowest BCUT2D eigenvalue weighted by molar-refractivity contribution is -0.119. The quantitative estimate of drug-likeness (QED) is 0.613. The highest BCUT2D eigenvalue weighted by Crippen LogP contribution is 2.26. The number of thiocarbonyl (C=S) groups is 1. The molecular weight excluding hydrogens is 316 g/mol. The Kier molecular flexibility index (Phi) is 4.76. The number of hydrogen-bond donors (Lipinski definition) is 0. The van der Waals surface area contributed by atoms with Gasteiger partial charge in [-0.2, -0.15) is 0 Å². The third-order valence-corrected chi connectivity index (χ3v) is 4.67. The van der Waals surface area contributed by atoms with Gasteiger partial charge >= 0.3 is 0 Å². The van der Waals surface area contributed by atoms with Crippen molar-refractivity contribution in [2.45, 2.75) is 19.4 Å². The molecule has 2 aromatic carbocycles. The van der Waals surface area contributed by atoms with E-state index in [-0.39, 0.29) is 11.9 Å². The maximum absolute atomic E-state index is 12.5. The van der Waals surface area contributed by atoms with E-state index in [1.54, 1.807) is 11.0 Å². The first-order valence-corrected chi connectivity index (χ1v) is 8.41. The Morgan fingerprint density at radius 3 is 2.33 bits per heavy atom. The molecule has 3 nitrogen and oxygen atoms in total. The van der Waals surface area contributed by atoms with E-state index in [0.29, 0.717) is 11.7 Å². The molecule has 0 bridgehead atoms. The van der Waals surface area contributed by atoms with E-state index in [2.05, 4.69) is 30.8 Å². The molecule has 0 saturated carbocycles. The zero-order valence-electron chi connectivity index (χ0n) is 13.7. The Morgan fingerprint density at radius 2 is 1.71 bits per heavy atom. The van der Waals surface area contributed by atoms with Gasteiger partial charge in [-0.15, -0.1) is 6.58 Å². The Labute approximate surface area is 148 Å². The molecule has 1 saturated heterocycles. The van der Waals surface area contributed by atoms with Crippen LogP contribution in [0, 0.1) is 0 Å². The van der Waals surface area contributed by atoms with Crippen molar-refractivity contribution in [3.63, 3.8) is 0 Å². The first kappa shape index (κ1) is 16.4. The van der Waals surface area contributed by atoms with Crippen LogP contribution in [0.25, 0.3) is 0 Å². The van der Waals surface area contributed by atoms with Crippen LogP contribution in [-0.4, -0.2) is 28.5 Å². The monoisotopic (exact) mass is 336 g/mol. The Hall–Kier alpha value is -2.46. The fraction of sp³-hybridized carbons (Fsp3) is 0.200. The van der Waals surface area contributed by atoms with Crippen LogP contribution in [0.1, 0.15) is 18.1 Å². The van der Waals surface area contributed by atoms with Crippen LogP contribution in [0.2, 0.25) is 0 Å². The number of carbonyl (C=O) groups excluding carboxylic acids is 1. The third kappa shape index (κ3) is 3.10. The second-order valence-corrected chi connectivity index (χ2v) is 6.27. The highest BCUT2D eigenvalue weighted by atomic mass is 32.1. The molecule has 2 aromatic rings. The molecule has 0 N–H and O–H groups in total. The van der Waals surface area contributed by atoms with E-state index in [9.17, 15) is 4.79 Å². The van der Waals surface area contributed by atoms with Crippen LogP contribution in [0.15, 0.2) is 67.3 Å². The molecule has 1 atom stereocenters. The van der Waals surface area contributed by atoms with Gasteiger partial charge in [0.25, 0.3) is 5.91 Å². The summed E-state index contributed by atoms with van der Waals surface area (Å²) in [6.07, 6.45) is 2.64. The average molecular weight is 336 g/mol. The van der Waals surface area contributed by atoms with Gasteiger partial charge < -0.3 is 4.90 Å². The molecule has 0 spiro atoms. The summed E-state index contributed by atoms with van der Waals surface area (Å²) < 4.78 is 0. The number of nitrogens with zero attached hydrogens (tertiary/aromatic N) is 2. The lowest BCUT2D eigenvalue weighted by atomic mass is 10.0. The minimum atomic E-state index is -0.250. The summed E-state index contributed by atoms with van der Waals surface area (Å²) in [5.41, 5.74) is 3.29. The molecule has 1 aliphatic heterocycles. The molecule has 4 heteroatoms. The topological polar surface area (TPSA) is 23.6 Å². The van der Waals surface area contributed by atoms with Crippen molar-refractivity contribution in [2.75, 3.05) is 11.4 Å². The second kappa shape index (κ2) is 6.97. The van der Waals surface area contributed by atoms with Crippen molar-refractivity contribution < 1.29 is 4.79 Å². The number of carbonyl (C=O) groups is 1. The first-order valence-electron chi connectivity index (χ1n) is 8.00. The van der Waals surface area contributed by atoms with E-state index in [0.717, 1.165) is 12.1 Å². The first-order chi connectivity index (χ1) is 11.6. The SMILES string of the molecule is C=CCN1C(=S)N(c2ccc(Cc3ccccc3)cc2)C(=O)C1C. The number of amides is 1. The predicted molar refractivity (Wildman–Crippen MR) is 102 cm³/mol. The summed E-state index contributed by atoms with van der Waals surface area (Å²) in [7, 11) is 0. The van der Waals surface area contributed by atoms with Crippen molar-refractivity contribution in [3.05, 3.63) is 78.4 Å². The molecule has 1 heterocycles. The largest absolute Gasteiger partial charge is 0.333 e. The van der Waals surface area contributed by atoms with E-state index in [1.165, 1.54) is 11.1 Å². The van der Waals surface area contributed by atoms with Crippen LogP contribution in [0.3, 0.4) is 0 Å². The van der Waals surface area contributed by atoms with Gasteiger partial charge in [0, 0.05) is 6.54 Å². The summed E-state index contributed by atoms with van der Waals surface area (Å²) >= 11 is 5.48. The van der Waals surface area contributed by atoms with Crippen LogP contribution < -0.4 is 4.90 Å². The van der Waals surface area contributed by atoms with Crippen molar-refractivity contribution in [1.29, 1.82) is 0 Å². The minimum absolute atomic E-state index is 0.0117. The van der Waals surface area contributed by atoms with E-state index >= 15 is 0 Å². The van der Waals surface area contributed by atoms with Gasteiger partial charge in [-0.3, -0.25) is 9.69 Å². The molecule has 3 rings (SSSR count). The standard InChI is InChI=1S/C20H20N2OS/c1-3-13-21-15(2)19(23)22(20(21)24)18-11-9-17(10-12-18)14-16-7-5-4-6-8-16/h3-12,15H,1,13-14H2,2H3. The molecule has 0 aliphatic carbocycles. The fourth-order valence-electron chi connectivity index (χ4n) is 2.92. The smallest absolute Gasteiger partial charge is 0.255 e. The van der Waals surface area contributed by atoms with Gasteiger partial charge in [0.2, 0.25) is 0 Å². The molecule has 0 aromatic heterocycles. The van der Waals surface area contributed by atoms with Crippen LogP contribution >= 0.6 is 12.2 Å². The number of hydrogen-bond acceptors (Lipinski definition) is 2. The molecule has 1 unspecified atom stereocenters.